The third-order valence-corrected chi connectivity index (χ3v) is 2.75. The molecule has 84 valence electrons. The van der Waals surface area contributed by atoms with E-state index in [1.54, 1.807) is 0 Å². The second kappa shape index (κ2) is 7.09. The first-order valence-corrected chi connectivity index (χ1v) is 5.24. The third-order valence-electron chi connectivity index (χ3n) is 1.94. The molecule has 0 aliphatic heterocycles. The van der Waals surface area contributed by atoms with Gasteiger partial charge in [-0.1, -0.05) is 13.8 Å². The molecule has 0 spiro atoms. The fourth-order valence-electron chi connectivity index (χ4n) is 1.05. The van der Waals surface area contributed by atoms with Gasteiger partial charge in [0.1, 0.15) is 0 Å². The van der Waals surface area contributed by atoms with E-state index in [-0.39, 0.29) is 43.4 Å². The van der Waals surface area contributed by atoms with Crippen molar-refractivity contribution >= 4 is 18.5 Å². The Morgan fingerprint density at radius 1 is 1.29 bits per heavy atom. The van der Waals surface area contributed by atoms with Gasteiger partial charge in [-0.3, -0.25) is 4.79 Å². The average molecular weight is 221 g/mol. The highest BCUT2D eigenvalue weighted by atomic mass is 32.1. The van der Waals surface area contributed by atoms with Gasteiger partial charge in [-0.2, -0.15) is 12.6 Å². The Morgan fingerprint density at radius 3 is 2.00 bits per heavy atom. The fraction of sp³-hybridized carbons (Fsp3) is 0.889. The molecule has 1 unspecified atom stereocenters. The van der Waals surface area contributed by atoms with E-state index in [4.69, 9.17) is 10.2 Å². The van der Waals surface area contributed by atoms with Crippen molar-refractivity contribution in [1.82, 2.24) is 4.90 Å². The Hall–Kier alpha value is -0.260. The summed E-state index contributed by atoms with van der Waals surface area (Å²) < 4.78 is 0. The highest BCUT2D eigenvalue weighted by molar-refractivity contribution is 7.81. The number of hydrogen-bond donors (Lipinski definition) is 3. The van der Waals surface area contributed by atoms with Crippen LogP contribution in [0.25, 0.3) is 0 Å². The third kappa shape index (κ3) is 4.30. The van der Waals surface area contributed by atoms with Crippen molar-refractivity contribution in [3.63, 3.8) is 0 Å². The Balaban J connectivity index is 4.26. The molecular formula is C9H19NO3S. The van der Waals surface area contributed by atoms with E-state index >= 15 is 0 Å². The van der Waals surface area contributed by atoms with Gasteiger partial charge in [0.05, 0.1) is 18.5 Å². The van der Waals surface area contributed by atoms with Gasteiger partial charge in [0.2, 0.25) is 5.91 Å². The van der Waals surface area contributed by atoms with E-state index in [1.807, 2.05) is 13.8 Å². The number of aliphatic hydroxyl groups is 2. The van der Waals surface area contributed by atoms with Crippen LogP contribution in [-0.2, 0) is 4.79 Å². The Bertz CT molecular complexity index is 169. The molecule has 0 fully saturated rings. The van der Waals surface area contributed by atoms with Crippen LogP contribution in [0.15, 0.2) is 0 Å². The van der Waals surface area contributed by atoms with Crippen molar-refractivity contribution in [2.24, 2.45) is 5.92 Å². The number of aliphatic hydroxyl groups excluding tert-OH is 2. The summed E-state index contributed by atoms with van der Waals surface area (Å²) in [5, 5.41) is 17.1. The van der Waals surface area contributed by atoms with Gasteiger partial charge in [-0.05, 0) is 5.92 Å². The zero-order valence-electron chi connectivity index (χ0n) is 8.68. The summed E-state index contributed by atoms with van der Waals surface area (Å²) in [4.78, 5) is 13.1. The second-order valence-electron chi connectivity index (χ2n) is 3.46. The molecule has 0 aliphatic carbocycles. The first kappa shape index (κ1) is 13.7. The smallest absolute Gasteiger partial charge is 0.235 e. The predicted octanol–water partition coefficient (Wildman–Crippen LogP) is -0.246. The summed E-state index contributed by atoms with van der Waals surface area (Å²) in [5.74, 6) is 0.0113. The quantitative estimate of drug-likeness (QED) is 0.542. The zero-order chi connectivity index (χ0) is 11.1. The molecule has 0 radical (unpaired) electrons. The number of amides is 1. The maximum atomic E-state index is 11.7. The first-order chi connectivity index (χ1) is 6.54. The molecule has 0 aliphatic rings. The number of carbonyl (C=O) groups excluding carboxylic acids is 1. The molecule has 2 N–H and O–H groups in total. The number of rotatable bonds is 6. The lowest BCUT2D eigenvalue weighted by Crippen LogP contribution is -2.42. The maximum absolute atomic E-state index is 11.7. The molecule has 1 atom stereocenters. The molecule has 0 aromatic heterocycles. The molecule has 0 saturated carbocycles. The molecule has 0 heterocycles. The minimum Gasteiger partial charge on any atom is -0.395 e. The second-order valence-corrected chi connectivity index (χ2v) is 4.02. The van der Waals surface area contributed by atoms with E-state index in [9.17, 15) is 4.79 Å². The van der Waals surface area contributed by atoms with Crippen LogP contribution < -0.4 is 0 Å². The van der Waals surface area contributed by atoms with Crippen molar-refractivity contribution in [3.8, 4) is 0 Å². The van der Waals surface area contributed by atoms with Gasteiger partial charge in [-0.15, -0.1) is 0 Å². The van der Waals surface area contributed by atoms with Crippen molar-refractivity contribution < 1.29 is 15.0 Å². The molecule has 14 heavy (non-hydrogen) atoms. The molecule has 0 aromatic carbocycles. The largest absolute Gasteiger partial charge is 0.395 e. The van der Waals surface area contributed by atoms with Crippen LogP contribution >= 0.6 is 12.6 Å². The summed E-state index contributed by atoms with van der Waals surface area (Å²) in [6.45, 7) is 4.14. The Kier molecular flexibility index (Phi) is 6.96. The maximum Gasteiger partial charge on any atom is 0.235 e. The van der Waals surface area contributed by atoms with Gasteiger partial charge in [-0.25, -0.2) is 0 Å². The van der Waals surface area contributed by atoms with E-state index in [2.05, 4.69) is 12.6 Å². The van der Waals surface area contributed by atoms with Crippen LogP contribution in [0.2, 0.25) is 0 Å². The lowest BCUT2D eigenvalue weighted by Gasteiger charge is -2.25. The summed E-state index contributed by atoms with van der Waals surface area (Å²) >= 11 is 4.19. The number of thiol groups is 1. The van der Waals surface area contributed by atoms with E-state index in [1.165, 1.54) is 4.90 Å². The lowest BCUT2D eigenvalue weighted by atomic mass is 10.1. The van der Waals surface area contributed by atoms with Crippen LogP contribution in [0.1, 0.15) is 13.8 Å². The van der Waals surface area contributed by atoms with Gasteiger partial charge in [0.15, 0.2) is 0 Å². The Morgan fingerprint density at radius 2 is 1.71 bits per heavy atom. The summed E-state index contributed by atoms with van der Waals surface area (Å²) in [5.41, 5.74) is 0. The predicted molar refractivity (Wildman–Crippen MR) is 58.4 cm³/mol. The lowest BCUT2D eigenvalue weighted by molar-refractivity contribution is -0.132. The van der Waals surface area contributed by atoms with Gasteiger partial charge >= 0.3 is 0 Å². The van der Waals surface area contributed by atoms with Gasteiger partial charge < -0.3 is 15.1 Å². The summed E-state index contributed by atoms with van der Waals surface area (Å²) in [6.07, 6.45) is 0. The molecule has 0 aromatic rings. The van der Waals surface area contributed by atoms with Crippen molar-refractivity contribution in [1.29, 1.82) is 0 Å². The van der Waals surface area contributed by atoms with Crippen LogP contribution in [0.4, 0.5) is 0 Å². The summed E-state index contributed by atoms with van der Waals surface area (Å²) in [7, 11) is 0. The number of carbonyl (C=O) groups is 1. The SMILES string of the molecule is CC(C)C(S)C(=O)N(CCO)CCO. The van der Waals surface area contributed by atoms with E-state index in [0.29, 0.717) is 0 Å². The first-order valence-electron chi connectivity index (χ1n) is 4.73. The Labute approximate surface area is 90.3 Å². The highest BCUT2D eigenvalue weighted by Crippen LogP contribution is 2.12. The van der Waals surface area contributed by atoms with Crippen LogP contribution in [0.3, 0.4) is 0 Å². The minimum atomic E-state index is -0.368. The molecule has 5 heteroatoms. The number of hydrogen-bond acceptors (Lipinski definition) is 4. The van der Waals surface area contributed by atoms with Crippen LogP contribution in [-0.4, -0.2) is 52.6 Å². The van der Waals surface area contributed by atoms with Crippen molar-refractivity contribution in [2.45, 2.75) is 19.1 Å². The molecular weight excluding hydrogens is 202 g/mol. The van der Waals surface area contributed by atoms with Crippen molar-refractivity contribution in [3.05, 3.63) is 0 Å². The average Bonchev–Trinajstić information content (AvgIpc) is 2.15. The van der Waals surface area contributed by atoms with Gasteiger partial charge in [0, 0.05) is 13.1 Å². The monoisotopic (exact) mass is 221 g/mol. The van der Waals surface area contributed by atoms with Crippen molar-refractivity contribution in [2.75, 3.05) is 26.3 Å². The fourth-order valence-corrected chi connectivity index (χ4v) is 1.21. The van der Waals surface area contributed by atoms with Crippen LogP contribution in [0.5, 0.6) is 0 Å². The van der Waals surface area contributed by atoms with E-state index < -0.39 is 0 Å². The molecule has 0 bridgehead atoms. The zero-order valence-corrected chi connectivity index (χ0v) is 9.57. The number of nitrogens with zero attached hydrogens (tertiary/aromatic N) is 1. The minimum absolute atomic E-state index is 0.0929. The molecule has 4 nitrogen and oxygen atoms in total. The van der Waals surface area contributed by atoms with Crippen LogP contribution in [0, 0.1) is 5.92 Å². The molecule has 0 saturated heterocycles. The standard InChI is InChI=1S/C9H19NO3S/c1-7(2)8(14)9(13)10(3-5-11)4-6-12/h7-8,11-12,14H,3-6H2,1-2H3. The normalized spacial score (nSPS) is 13.0. The van der Waals surface area contributed by atoms with Gasteiger partial charge in [0.25, 0.3) is 0 Å². The van der Waals surface area contributed by atoms with E-state index in [0.717, 1.165) is 0 Å². The summed E-state index contributed by atoms with van der Waals surface area (Å²) in [6, 6.07) is 0. The molecule has 1 amide bonds. The molecule has 0 rings (SSSR count). The topological polar surface area (TPSA) is 60.8 Å². The highest BCUT2D eigenvalue weighted by Gasteiger charge is 2.22.